The van der Waals surface area contributed by atoms with Crippen molar-refractivity contribution in [3.8, 4) is 5.75 Å². The Hall–Kier alpha value is -0.940. The Morgan fingerprint density at radius 3 is 2.44 bits per heavy atom. The first kappa shape index (κ1) is 11.5. The predicted octanol–water partition coefficient (Wildman–Crippen LogP) is 2.96. The second-order valence-corrected chi connectivity index (χ2v) is 4.84. The number of fused-ring (bicyclic) bond motifs is 1. The van der Waals surface area contributed by atoms with Crippen molar-refractivity contribution in [1.29, 1.82) is 0 Å². The van der Waals surface area contributed by atoms with Crippen molar-refractivity contribution in [3.05, 3.63) is 32.2 Å². The summed E-state index contributed by atoms with van der Waals surface area (Å²) in [6, 6.07) is 3.48. The second kappa shape index (κ2) is 4.14. The average Bonchev–Trinajstić information content (AvgIpc) is 2.26. The topological polar surface area (TPSA) is 43.4 Å². The first-order valence-corrected chi connectivity index (χ1v) is 5.97. The molecule has 1 aliphatic carbocycles. The fraction of sp³-hybridized carbons (Fsp3) is 0.0909. The number of Topliss-reactive ketones (excluding diaryl/α,β-unsaturated/α-hetero) is 2. The third kappa shape index (κ3) is 1.64. The van der Waals surface area contributed by atoms with E-state index in [2.05, 4.69) is 31.9 Å². The molecule has 0 bridgehead atoms. The van der Waals surface area contributed by atoms with Crippen molar-refractivity contribution < 1.29 is 14.3 Å². The number of ketones is 2. The molecule has 16 heavy (non-hydrogen) atoms. The van der Waals surface area contributed by atoms with Gasteiger partial charge in [-0.1, -0.05) is 6.07 Å². The molecule has 0 saturated carbocycles. The highest BCUT2D eigenvalue weighted by atomic mass is 79.9. The molecule has 0 amide bonds. The minimum Gasteiger partial charge on any atom is -0.496 e. The minimum atomic E-state index is -0.540. The molecule has 0 heterocycles. The minimum absolute atomic E-state index is 0.280. The quantitative estimate of drug-likeness (QED) is 0.735. The monoisotopic (exact) mass is 344 g/mol. The first-order valence-electron chi connectivity index (χ1n) is 4.39. The third-order valence-electron chi connectivity index (χ3n) is 2.29. The molecule has 0 spiro atoms. The molecule has 0 fully saturated rings. The number of rotatable bonds is 1. The molecular formula is C11H6Br2O3. The number of ether oxygens (including phenoxy) is 1. The summed E-state index contributed by atoms with van der Waals surface area (Å²) < 4.78 is 5.87. The van der Waals surface area contributed by atoms with E-state index in [-0.39, 0.29) is 4.48 Å². The van der Waals surface area contributed by atoms with Gasteiger partial charge in [0.1, 0.15) is 5.75 Å². The summed E-state index contributed by atoms with van der Waals surface area (Å²) >= 11 is 6.34. The number of methoxy groups -OCH3 is 1. The lowest BCUT2D eigenvalue weighted by Crippen LogP contribution is -2.19. The summed E-state index contributed by atoms with van der Waals surface area (Å²) in [5.74, 6) is -0.539. The Morgan fingerprint density at radius 1 is 1.12 bits per heavy atom. The van der Waals surface area contributed by atoms with Gasteiger partial charge in [0.25, 0.3) is 0 Å². The third-order valence-corrected chi connectivity index (χ3v) is 3.67. The van der Waals surface area contributed by atoms with Crippen molar-refractivity contribution in [1.82, 2.24) is 0 Å². The van der Waals surface area contributed by atoms with Crippen LogP contribution in [-0.2, 0) is 4.79 Å². The Morgan fingerprint density at radius 2 is 1.81 bits per heavy atom. The molecule has 82 valence electrons. The molecule has 0 saturated heterocycles. The van der Waals surface area contributed by atoms with Crippen molar-refractivity contribution in [3.63, 3.8) is 0 Å². The summed E-state index contributed by atoms with van der Waals surface area (Å²) in [4.78, 5) is 23.3. The zero-order chi connectivity index (χ0) is 11.9. The predicted molar refractivity (Wildman–Crippen MR) is 66.9 cm³/mol. The zero-order valence-electron chi connectivity index (χ0n) is 8.21. The molecule has 1 aromatic carbocycles. The Balaban J connectivity index is 2.74. The second-order valence-electron chi connectivity index (χ2n) is 3.20. The lowest BCUT2D eigenvalue weighted by Gasteiger charge is -2.14. The average molecular weight is 346 g/mol. The largest absolute Gasteiger partial charge is 0.496 e. The van der Waals surface area contributed by atoms with Crippen molar-refractivity contribution in [2.45, 2.75) is 0 Å². The number of benzene rings is 1. The lowest BCUT2D eigenvalue weighted by atomic mass is 9.95. The van der Waals surface area contributed by atoms with Crippen LogP contribution in [-0.4, -0.2) is 18.7 Å². The summed E-state index contributed by atoms with van der Waals surface area (Å²) in [6.45, 7) is 0. The van der Waals surface area contributed by atoms with E-state index in [1.54, 1.807) is 18.2 Å². The molecule has 0 aliphatic heterocycles. The lowest BCUT2D eigenvalue weighted by molar-refractivity contribution is -0.111. The summed E-state index contributed by atoms with van der Waals surface area (Å²) in [7, 11) is 1.51. The van der Waals surface area contributed by atoms with Crippen LogP contribution in [0.15, 0.2) is 21.1 Å². The maximum Gasteiger partial charge on any atom is 0.240 e. The van der Waals surface area contributed by atoms with Gasteiger partial charge >= 0.3 is 0 Å². The van der Waals surface area contributed by atoms with Gasteiger partial charge in [0, 0.05) is 0 Å². The van der Waals surface area contributed by atoms with Gasteiger partial charge in [-0.15, -0.1) is 0 Å². The molecular weight excluding hydrogens is 340 g/mol. The molecule has 0 N–H and O–H groups in total. The van der Waals surface area contributed by atoms with Gasteiger partial charge in [-0.3, -0.25) is 9.59 Å². The van der Waals surface area contributed by atoms with Crippen LogP contribution in [0.25, 0.3) is 6.08 Å². The van der Waals surface area contributed by atoms with Gasteiger partial charge in [-0.05, 0) is 49.6 Å². The van der Waals surface area contributed by atoms with E-state index < -0.39 is 11.6 Å². The van der Waals surface area contributed by atoms with Crippen LogP contribution < -0.4 is 4.74 Å². The molecule has 0 unspecified atom stereocenters. The van der Waals surface area contributed by atoms with Crippen LogP contribution in [0.1, 0.15) is 15.9 Å². The summed E-state index contributed by atoms with van der Waals surface area (Å²) in [5.41, 5.74) is 1.05. The Kier molecular flexibility index (Phi) is 2.99. The molecule has 0 radical (unpaired) electrons. The number of hydrogen-bond donors (Lipinski definition) is 0. The fourth-order valence-corrected chi connectivity index (χ4v) is 2.63. The van der Waals surface area contributed by atoms with Crippen molar-refractivity contribution in [2.75, 3.05) is 7.11 Å². The van der Waals surface area contributed by atoms with E-state index in [1.165, 1.54) is 7.11 Å². The number of halogens is 2. The first-order chi connectivity index (χ1) is 7.56. The van der Waals surface area contributed by atoms with Gasteiger partial charge < -0.3 is 4.74 Å². The summed E-state index contributed by atoms with van der Waals surface area (Å²) in [5, 5.41) is 0. The zero-order valence-corrected chi connectivity index (χ0v) is 11.4. The Bertz CT molecular complexity index is 532. The molecule has 5 heteroatoms. The van der Waals surface area contributed by atoms with Crippen LogP contribution in [0, 0.1) is 0 Å². The van der Waals surface area contributed by atoms with Crippen LogP contribution in [0.2, 0.25) is 0 Å². The number of carbonyl (C=O) groups excluding carboxylic acids is 2. The maximum atomic E-state index is 11.8. The van der Waals surface area contributed by atoms with E-state index in [0.717, 1.165) is 0 Å². The Labute approximate surface area is 109 Å². The van der Waals surface area contributed by atoms with E-state index in [4.69, 9.17) is 4.74 Å². The van der Waals surface area contributed by atoms with Gasteiger partial charge in [-0.25, -0.2) is 0 Å². The molecule has 1 aromatic rings. The number of carbonyl (C=O) groups is 2. The van der Waals surface area contributed by atoms with Gasteiger partial charge in [0.05, 0.1) is 21.6 Å². The standard InChI is InChI=1S/C11H6Br2O3/c1-16-7-3-2-5-4-6(12)10(14)11(15)8(5)9(7)13/h2-4H,1H3. The molecule has 1 aliphatic rings. The van der Waals surface area contributed by atoms with E-state index in [9.17, 15) is 9.59 Å². The van der Waals surface area contributed by atoms with Crippen LogP contribution in [0.5, 0.6) is 5.75 Å². The van der Waals surface area contributed by atoms with Crippen LogP contribution in [0.4, 0.5) is 0 Å². The summed E-state index contributed by atoms with van der Waals surface area (Å²) in [6.07, 6.45) is 1.63. The number of hydrogen-bond acceptors (Lipinski definition) is 3. The SMILES string of the molecule is COc1ccc2c(c1Br)C(=O)C(=O)C(Br)=C2. The normalized spacial score (nSPS) is 14.6. The highest BCUT2D eigenvalue weighted by molar-refractivity contribution is 9.12. The van der Waals surface area contributed by atoms with E-state index in [1.807, 2.05) is 0 Å². The van der Waals surface area contributed by atoms with E-state index >= 15 is 0 Å². The smallest absolute Gasteiger partial charge is 0.240 e. The highest BCUT2D eigenvalue weighted by Gasteiger charge is 2.29. The molecule has 2 rings (SSSR count). The van der Waals surface area contributed by atoms with Crippen molar-refractivity contribution >= 4 is 49.5 Å². The maximum absolute atomic E-state index is 11.8. The molecule has 3 nitrogen and oxygen atoms in total. The van der Waals surface area contributed by atoms with Crippen LogP contribution in [0.3, 0.4) is 0 Å². The molecule has 0 atom stereocenters. The van der Waals surface area contributed by atoms with Crippen LogP contribution >= 0.6 is 31.9 Å². The van der Waals surface area contributed by atoms with Crippen molar-refractivity contribution in [2.24, 2.45) is 0 Å². The highest BCUT2D eigenvalue weighted by Crippen LogP contribution is 2.36. The van der Waals surface area contributed by atoms with Gasteiger partial charge in [0.15, 0.2) is 0 Å². The van der Waals surface area contributed by atoms with Gasteiger partial charge in [-0.2, -0.15) is 0 Å². The fourth-order valence-electron chi connectivity index (χ4n) is 1.50. The molecule has 0 aromatic heterocycles. The van der Waals surface area contributed by atoms with E-state index in [0.29, 0.717) is 21.3 Å². The van der Waals surface area contributed by atoms with Gasteiger partial charge in [0.2, 0.25) is 11.6 Å². The number of allylic oxidation sites excluding steroid dienone is 1.